The van der Waals surface area contributed by atoms with Crippen LogP contribution in [0.1, 0.15) is 33.6 Å². The molecule has 1 saturated heterocycles. The van der Waals surface area contributed by atoms with Crippen molar-refractivity contribution in [1.82, 2.24) is 4.90 Å². The number of carbonyl (C=O) groups excluding carboxylic acids is 2. The number of hydrogen-bond donors (Lipinski definition) is 1. The molecule has 0 saturated carbocycles. The van der Waals surface area contributed by atoms with Gasteiger partial charge in [-0.3, -0.25) is 9.69 Å². The summed E-state index contributed by atoms with van der Waals surface area (Å²) in [5.41, 5.74) is 1.82. The molecule has 0 radical (unpaired) electrons. The van der Waals surface area contributed by atoms with Crippen LogP contribution >= 0.6 is 0 Å². The smallest absolute Gasteiger partial charge is 0.410 e. The first kappa shape index (κ1) is 23.4. The van der Waals surface area contributed by atoms with Crippen LogP contribution < -0.4 is 10.1 Å². The van der Waals surface area contributed by atoms with E-state index in [2.05, 4.69) is 5.32 Å². The molecule has 1 aromatic heterocycles. The van der Waals surface area contributed by atoms with Crippen molar-refractivity contribution in [3.8, 4) is 28.4 Å². The van der Waals surface area contributed by atoms with Crippen LogP contribution in [-0.2, 0) is 9.53 Å². The summed E-state index contributed by atoms with van der Waals surface area (Å²) in [4.78, 5) is 27.0. The summed E-state index contributed by atoms with van der Waals surface area (Å²) in [5, 5.41) is 2.95. The van der Waals surface area contributed by atoms with Crippen molar-refractivity contribution >= 4 is 17.7 Å². The Balaban J connectivity index is 1.46. The third-order valence-corrected chi connectivity index (χ3v) is 5.58. The number of ether oxygens (including phenoxy) is 2. The number of rotatable bonds is 5. The molecule has 3 aromatic rings. The van der Waals surface area contributed by atoms with Gasteiger partial charge in [-0.05, 0) is 82.1 Å². The number of carbonyl (C=O) groups is 2. The first-order valence-corrected chi connectivity index (χ1v) is 11.4. The highest BCUT2D eigenvalue weighted by Gasteiger charge is 2.36. The number of furan rings is 1. The summed E-state index contributed by atoms with van der Waals surface area (Å²) >= 11 is 0. The second kappa shape index (κ2) is 9.63. The lowest BCUT2D eigenvalue weighted by atomic mass is 10.1. The fourth-order valence-corrected chi connectivity index (χ4v) is 3.96. The molecule has 1 N–H and O–H groups in total. The zero-order chi connectivity index (χ0) is 24.3. The van der Waals surface area contributed by atoms with Gasteiger partial charge in [-0.1, -0.05) is 12.1 Å². The van der Waals surface area contributed by atoms with Crippen LogP contribution in [0.25, 0.3) is 22.6 Å². The molecular weight excluding hydrogens is 432 g/mol. The number of benzene rings is 2. The van der Waals surface area contributed by atoms with Crippen LogP contribution in [-0.4, -0.2) is 42.2 Å². The van der Waals surface area contributed by atoms with E-state index in [4.69, 9.17) is 13.9 Å². The van der Waals surface area contributed by atoms with Crippen LogP contribution in [0.4, 0.5) is 10.5 Å². The summed E-state index contributed by atoms with van der Waals surface area (Å²) in [6, 6.07) is 18.4. The normalized spacial score (nSPS) is 15.8. The van der Waals surface area contributed by atoms with Gasteiger partial charge in [0.1, 0.15) is 28.9 Å². The van der Waals surface area contributed by atoms with Crippen molar-refractivity contribution in [3.05, 3.63) is 60.7 Å². The van der Waals surface area contributed by atoms with Crippen molar-refractivity contribution in [2.24, 2.45) is 0 Å². The first-order valence-electron chi connectivity index (χ1n) is 11.4. The van der Waals surface area contributed by atoms with E-state index in [0.717, 1.165) is 29.1 Å². The molecule has 7 heteroatoms. The maximum absolute atomic E-state index is 13.0. The summed E-state index contributed by atoms with van der Waals surface area (Å²) < 4.78 is 16.7. The Morgan fingerprint density at radius 2 is 1.71 bits per heavy atom. The number of nitrogens with zero attached hydrogens (tertiary/aromatic N) is 1. The maximum Gasteiger partial charge on any atom is 0.410 e. The number of nitrogens with one attached hydrogen (secondary N) is 1. The fraction of sp³-hybridized carbons (Fsp3) is 0.333. The van der Waals surface area contributed by atoms with E-state index in [-0.39, 0.29) is 5.91 Å². The Bertz CT molecular complexity index is 1160. The van der Waals surface area contributed by atoms with E-state index in [1.807, 2.05) is 81.4 Å². The predicted molar refractivity (Wildman–Crippen MR) is 131 cm³/mol. The Morgan fingerprint density at radius 3 is 2.38 bits per heavy atom. The molecule has 0 spiro atoms. The van der Waals surface area contributed by atoms with Crippen LogP contribution in [0.15, 0.2) is 65.1 Å². The highest BCUT2D eigenvalue weighted by atomic mass is 16.6. The standard InChI is InChI=1S/C27H30N2O5/c1-27(2,3)34-26(31)29-16-6-9-22(29)25(30)28-20-8-5-7-19(17-20)24-15-14-23(33-24)18-10-12-21(32-4)13-11-18/h5,7-8,10-15,17,22H,6,9,16H2,1-4H3,(H,28,30). The lowest BCUT2D eigenvalue weighted by molar-refractivity contribution is -0.120. The molecule has 34 heavy (non-hydrogen) atoms. The summed E-state index contributed by atoms with van der Waals surface area (Å²) in [7, 11) is 1.63. The Hall–Kier alpha value is -3.74. The summed E-state index contributed by atoms with van der Waals surface area (Å²) in [6.45, 7) is 5.95. The van der Waals surface area contributed by atoms with E-state index in [1.165, 1.54) is 4.90 Å². The Labute approximate surface area is 199 Å². The first-order chi connectivity index (χ1) is 16.2. The van der Waals surface area contributed by atoms with Gasteiger partial charge >= 0.3 is 6.09 Å². The maximum atomic E-state index is 13.0. The lowest BCUT2D eigenvalue weighted by Gasteiger charge is -2.28. The second-order valence-corrected chi connectivity index (χ2v) is 9.29. The third kappa shape index (κ3) is 5.42. The molecule has 0 bridgehead atoms. The van der Waals surface area contributed by atoms with Gasteiger partial charge in [0.15, 0.2) is 0 Å². The quantitative estimate of drug-likeness (QED) is 0.506. The van der Waals surface area contributed by atoms with Crippen LogP contribution in [0.2, 0.25) is 0 Å². The molecule has 4 rings (SSSR count). The van der Waals surface area contributed by atoms with Gasteiger partial charge in [0, 0.05) is 23.4 Å². The molecule has 7 nitrogen and oxygen atoms in total. The zero-order valence-corrected chi connectivity index (χ0v) is 20.0. The van der Waals surface area contributed by atoms with Gasteiger partial charge in [-0.25, -0.2) is 4.79 Å². The van der Waals surface area contributed by atoms with Crippen molar-refractivity contribution in [2.75, 3.05) is 19.0 Å². The molecule has 178 valence electrons. The Kier molecular flexibility index (Phi) is 6.63. The number of amides is 2. The average molecular weight is 463 g/mol. The second-order valence-electron chi connectivity index (χ2n) is 9.29. The van der Waals surface area contributed by atoms with E-state index in [1.54, 1.807) is 7.11 Å². The minimum atomic E-state index is -0.608. The topological polar surface area (TPSA) is 81.0 Å². The van der Waals surface area contributed by atoms with Crippen LogP contribution in [0.5, 0.6) is 5.75 Å². The van der Waals surface area contributed by atoms with Gasteiger partial charge in [0.25, 0.3) is 0 Å². The van der Waals surface area contributed by atoms with E-state index in [9.17, 15) is 9.59 Å². The van der Waals surface area contributed by atoms with E-state index >= 15 is 0 Å². The SMILES string of the molecule is COc1ccc(-c2ccc(-c3cccc(NC(=O)C4CCCN4C(=O)OC(C)(C)C)c3)o2)cc1. The number of likely N-dealkylation sites (tertiary alicyclic amines) is 1. The van der Waals surface area contributed by atoms with Crippen molar-refractivity contribution in [2.45, 2.75) is 45.3 Å². The number of anilines is 1. The molecule has 2 amide bonds. The molecule has 2 heterocycles. The third-order valence-electron chi connectivity index (χ3n) is 5.58. The number of methoxy groups -OCH3 is 1. The number of hydrogen-bond acceptors (Lipinski definition) is 5. The van der Waals surface area contributed by atoms with Crippen molar-refractivity contribution in [1.29, 1.82) is 0 Å². The molecule has 1 aliphatic heterocycles. The highest BCUT2D eigenvalue weighted by molar-refractivity contribution is 5.97. The van der Waals surface area contributed by atoms with E-state index in [0.29, 0.717) is 24.4 Å². The summed E-state index contributed by atoms with van der Waals surface area (Å²) in [6.07, 6.45) is 0.909. The molecule has 1 aliphatic rings. The highest BCUT2D eigenvalue weighted by Crippen LogP contribution is 2.31. The molecule has 1 unspecified atom stereocenters. The molecule has 1 atom stereocenters. The fourth-order valence-electron chi connectivity index (χ4n) is 3.96. The average Bonchev–Trinajstić information content (AvgIpc) is 3.48. The lowest BCUT2D eigenvalue weighted by Crippen LogP contribution is -2.45. The monoisotopic (exact) mass is 462 g/mol. The van der Waals surface area contributed by atoms with E-state index < -0.39 is 17.7 Å². The van der Waals surface area contributed by atoms with Gasteiger partial charge in [0.05, 0.1) is 7.11 Å². The zero-order valence-electron chi connectivity index (χ0n) is 20.0. The van der Waals surface area contributed by atoms with Gasteiger partial charge in [-0.15, -0.1) is 0 Å². The minimum absolute atomic E-state index is 0.223. The molecule has 2 aromatic carbocycles. The van der Waals surface area contributed by atoms with Gasteiger partial charge < -0.3 is 19.2 Å². The molecular formula is C27H30N2O5. The van der Waals surface area contributed by atoms with Crippen molar-refractivity contribution in [3.63, 3.8) is 0 Å². The minimum Gasteiger partial charge on any atom is -0.497 e. The van der Waals surface area contributed by atoms with Crippen molar-refractivity contribution < 1.29 is 23.5 Å². The van der Waals surface area contributed by atoms with Crippen LogP contribution in [0, 0.1) is 0 Å². The predicted octanol–water partition coefficient (Wildman–Crippen LogP) is 5.96. The summed E-state index contributed by atoms with van der Waals surface area (Å²) in [5.74, 6) is 1.99. The molecule has 1 fully saturated rings. The van der Waals surface area contributed by atoms with Crippen LogP contribution in [0.3, 0.4) is 0 Å². The molecule has 0 aliphatic carbocycles. The van der Waals surface area contributed by atoms with Gasteiger partial charge in [0.2, 0.25) is 5.91 Å². The Morgan fingerprint density at radius 1 is 1.00 bits per heavy atom. The largest absolute Gasteiger partial charge is 0.497 e. The van der Waals surface area contributed by atoms with Gasteiger partial charge in [-0.2, -0.15) is 0 Å².